The Morgan fingerprint density at radius 3 is 2.47 bits per heavy atom. The van der Waals surface area contributed by atoms with Crippen LogP contribution in [0.4, 0.5) is 8.78 Å². The van der Waals surface area contributed by atoms with Gasteiger partial charge in [-0.25, -0.2) is 8.78 Å². The second-order valence-corrected chi connectivity index (χ2v) is 3.23. The maximum atomic E-state index is 13.6. The standard InChI is InChI=1S/C11H11F2NO/c1-4-7-5-6-8(12)9(10(7)13)11(15)14(2)3/h4-6H,1H2,2-3H3. The minimum Gasteiger partial charge on any atom is -0.345 e. The number of carbonyl (C=O) groups is 1. The maximum absolute atomic E-state index is 13.6. The number of carbonyl (C=O) groups excluding carboxylic acids is 1. The van der Waals surface area contributed by atoms with E-state index in [1.165, 1.54) is 26.2 Å². The summed E-state index contributed by atoms with van der Waals surface area (Å²) in [6.07, 6.45) is 1.24. The van der Waals surface area contributed by atoms with Crippen molar-refractivity contribution < 1.29 is 13.6 Å². The third-order valence-electron chi connectivity index (χ3n) is 1.96. The molecule has 2 nitrogen and oxygen atoms in total. The van der Waals surface area contributed by atoms with Crippen molar-refractivity contribution in [3.63, 3.8) is 0 Å². The Morgan fingerprint density at radius 2 is 2.00 bits per heavy atom. The molecule has 0 aliphatic heterocycles. The van der Waals surface area contributed by atoms with Gasteiger partial charge in [0.1, 0.15) is 17.2 Å². The highest BCUT2D eigenvalue weighted by atomic mass is 19.1. The molecule has 0 unspecified atom stereocenters. The Hall–Kier alpha value is -1.71. The zero-order valence-electron chi connectivity index (χ0n) is 8.55. The van der Waals surface area contributed by atoms with Crippen LogP contribution < -0.4 is 0 Å². The molecule has 1 amide bonds. The fourth-order valence-electron chi connectivity index (χ4n) is 1.15. The van der Waals surface area contributed by atoms with Gasteiger partial charge in [0.05, 0.1) is 0 Å². The first-order valence-corrected chi connectivity index (χ1v) is 4.31. The fraction of sp³-hybridized carbons (Fsp3) is 0.182. The third kappa shape index (κ3) is 2.03. The van der Waals surface area contributed by atoms with Crippen LogP contribution in [0.3, 0.4) is 0 Å². The summed E-state index contributed by atoms with van der Waals surface area (Å²) in [5.41, 5.74) is -0.431. The number of hydrogen-bond acceptors (Lipinski definition) is 1. The lowest BCUT2D eigenvalue weighted by Crippen LogP contribution is -2.24. The Kier molecular flexibility index (Phi) is 3.19. The normalized spacial score (nSPS) is 9.87. The van der Waals surface area contributed by atoms with Crippen molar-refractivity contribution >= 4 is 12.0 Å². The molecule has 0 heterocycles. The molecule has 80 valence electrons. The van der Waals surface area contributed by atoms with Gasteiger partial charge in [0.2, 0.25) is 0 Å². The van der Waals surface area contributed by atoms with Gasteiger partial charge in [-0.05, 0) is 12.1 Å². The highest BCUT2D eigenvalue weighted by Gasteiger charge is 2.20. The molecule has 4 heteroatoms. The SMILES string of the molecule is C=Cc1ccc(F)c(C(=O)N(C)C)c1F. The van der Waals surface area contributed by atoms with Crippen molar-refractivity contribution in [1.29, 1.82) is 0 Å². The molecular weight excluding hydrogens is 200 g/mol. The Morgan fingerprint density at radius 1 is 1.40 bits per heavy atom. The predicted octanol–water partition coefficient (Wildman–Crippen LogP) is 2.31. The number of amides is 1. The van der Waals surface area contributed by atoms with E-state index >= 15 is 0 Å². The average molecular weight is 211 g/mol. The monoisotopic (exact) mass is 211 g/mol. The molecule has 0 bridgehead atoms. The van der Waals surface area contributed by atoms with E-state index in [1.807, 2.05) is 0 Å². The minimum atomic E-state index is -0.872. The van der Waals surface area contributed by atoms with Gasteiger partial charge in [0, 0.05) is 19.7 Å². The number of halogens is 2. The van der Waals surface area contributed by atoms with Crippen molar-refractivity contribution in [2.75, 3.05) is 14.1 Å². The highest BCUT2D eigenvalue weighted by molar-refractivity contribution is 5.95. The summed E-state index contributed by atoms with van der Waals surface area (Å²) in [7, 11) is 2.86. The van der Waals surface area contributed by atoms with E-state index in [9.17, 15) is 13.6 Å². The van der Waals surface area contributed by atoms with Crippen molar-refractivity contribution in [3.05, 3.63) is 41.5 Å². The van der Waals surface area contributed by atoms with Crippen LogP contribution in [-0.2, 0) is 0 Å². The van der Waals surface area contributed by atoms with Crippen LogP contribution in [0.15, 0.2) is 18.7 Å². The van der Waals surface area contributed by atoms with Crippen molar-refractivity contribution in [2.24, 2.45) is 0 Å². The molecule has 0 aliphatic carbocycles. The molecule has 1 aromatic carbocycles. The van der Waals surface area contributed by atoms with Crippen LogP contribution in [-0.4, -0.2) is 24.9 Å². The summed E-state index contributed by atoms with van der Waals surface area (Å²) < 4.78 is 26.8. The number of rotatable bonds is 2. The van der Waals surface area contributed by atoms with Gasteiger partial charge < -0.3 is 4.90 Å². The van der Waals surface area contributed by atoms with Gasteiger partial charge in [0.25, 0.3) is 5.91 Å². The molecule has 0 aliphatic rings. The van der Waals surface area contributed by atoms with Gasteiger partial charge in [-0.1, -0.05) is 12.7 Å². The zero-order chi connectivity index (χ0) is 11.6. The summed E-state index contributed by atoms with van der Waals surface area (Å²) in [4.78, 5) is 12.6. The van der Waals surface area contributed by atoms with Gasteiger partial charge in [-0.3, -0.25) is 4.79 Å². The lowest BCUT2D eigenvalue weighted by molar-refractivity contribution is 0.0818. The lowest BCUT2D eigenvalue weighted by atomic mass is 10.1. The molecule has 0 radical (unpaired) electrons. The van der Waals surface area contributed by atoms with Gasteiger partial charge >= 0.3 is 0 Å². The summed E-state index contributed by atoms with van der Waals surface area (Å²) in [5.74, 6) is -2.44. The van der Waals surface area contributed by atoms with Crippen LogP contribution >= 0.6 is 0 Å². The first-order chi connectivity index (χ1) is 6.99. The Labute approximate surface area is 86.8 Å². The molecule has 0 N–H and O–H groups in total. The summed E-state index contributed by atoms with van der Waals surface area (Å²) in [6.45, 7) is 3.38. The zero-order valence-corrected chi connectivity index (χ0v) is 8.55. The smallest absolute Gasteiger partial charge is 0.259 e. The van der Waals surface area contributed by atoms with E-state index in [-0.39, 0.29) is 5.56 Å². The predicted molar refractivity (Wildman–Crippen MR) is 54.5 cm³/mol. The molecule has 1 aromatic rings. The Bertz CT molecular complexity index is 413. The number of benzene rings is 1. The maximum Gasteiger partial charge on any atom is 0.259 e. The van der Waals surface area contributed by atoms with Gasteiger partial charge in [-0.2, -0.15) is 0 Å². The molecule has 1 rings (SSSR count). The summed E-state index contributed by atoms with van der Waals surface area (Å²) >= 11 is 0. The lowest BCUT2D eigenvalue weighted by Gasteiger charge is -2.12. The first kappa shape index (κ1) is 11.4. The molecule has 0 saturated heterocycles. The molecule has 0 aromatic heterocycles. The second kappa shape index (κ2) is 4.21. The highest BCUT2D eigenvalue weighted by Crippen LogP contribution is 2.18. The van der Waals surface area contributed by atoms with Crippen LogP contribution in [0.1, 0.15) is 15.9 Å². The van der Waals surface area contributed by atoms with Crippen LogP contribution in [0.5, 0.6) is 0 Å². The number of nitrogens with zero attached hydrogens (tertiary/aromatic N) is 1. The fourth-order valence-corrected chi connectivity index (χ4v) is 1.15. The van der Waals surface area contributed by atoms with Crippen LogP contribution in [0.2, 0.25) is 0 Å². The van der Waals surface area contributed by atoms with Gasteiger partial charge in [-0.15, -0.1) is 0 Å². The van der Waals surface area contributed by atoms with Crippen molar-refractivity contribution in [1.82, 2.24) is 4.90 Å². The largest absolute Gasteiger partial charge is 0.345 e. The number of hydrogen-bond donors (Lipinski definition) is 0. The van der Waals surface area contributed by atoms with Crippen LogP contribution in [0, 0.1) is 11.6 Å². The molecule has 0 spiro atoms. The van der Waals surface area contributed by atoms with Gasteiger partial charge in [0.15, 0.2) is 0 Å². The molecule has 0 fully saturated rings. The van der Waals surface area contributed by atoms with E-state index < -0.39 is 23.1 Å². The van der Waals surface area contributed by atoms with E-state index in [0.29, 0.717) is 0 Å². The van der Waals surface area contributed by atoms with E-state index in [2.05, 4.69) is 6.58 Å². The molecule has 0 atom stereocenters. The topological polar surface area (TPSA) is 20.3 Å². The second-order valence-electron chi connectivity index (χ2n) is 3.23. The molecular formula is C11H11F2NO. The first-order valence-electron chi connectivity index (χ1n) is 4.31. The quantitative estimate of drug-likeness (QED) is 0.735. The third-order valence-corrected chi connectivity index (χ3v) is 1.96. The van der Waals surface area contributed by atoms with E-state index in [1.54, 1.807) is 0 Å². The van der Waals surface area contributed by atoms with E-state index in [4.69, 9.17) is 0 Å². The summed E-state index contributed by atoms with van der Waals surface area (Å²) in [5, 5.41) is 0. The molecule has 15 heavy (non-hydrogen) atoms. The molecule has 0 saturated carbocycles. The van der Waals surface area contributed by atoms with Crippen molar-refractivity contribution in [3.8, 4) is 0 Å². The van der Waals surface area contributed by atoms with Crippen LogP contribution in [0.25, 0.3) is 6.08 Å². The summed E-state index contributed by atoms with van der Waals surface area (Å²) in [6, 6.07) is 2.29. The minimum absolute atomic E-state index is 0.113. The van der Waals surface area contributed by atoms with E-state index in [0.717, 1.165) is 11.0 Å². The Balaban J connectivity index is 3.39. The average Bonchev–Trinajstić information content (AvgIpc) is 2.17. The van der Waals surface area contributed by atoms with Crippen molar-refractivity contribution in [2.45, 2.75) is 0 Å².